The number of rotatable bonds is 1. The Hall–Kier alpha value is -0.0400. The molecule has 90 valence electrons. The van der Waals surface area contributed by atoms with E-state index in [1.54, 1.807) is 0 Å². The molecule has 15 heavy (non-hydrogen) atoms. The highest BCUT2D eigenvalue weighted by Gasteiger charge is 2.69. The van der Waals surface area contributed by atoms with Gasteiger partial charge in [0.15, 0.2) is 0 Å². The molecule has 1 saturated heterocycles. The van der Waals surface area contributed by atoms with Gasteiger partial charge in [0.25, 0.3) is 0 Å². The van der Waals surface area contributed by atoms with Gasteiger partial charge in [0, 0.05) is 0 Å². The van der Waals surface area contributed by atoms with E-state index >= 15 is 0 Å². The molecule has 1 nitrogen and oxygen atoms in total. The smallest absolute Gasteiger partial charge is 0.102 e. The van der Waals surface area contributed by atoms with Crippen molar-refractivity contribution >= 4 is 0 Å². The summed E-state index contributed by atoms with van der Waals surface area (Å²) in [6.07, 6.45) is 1.33. The fourth-order valence-electron chi connectivity index (χ4n) is 3.43. The van der Waals surface area contributed by atoms with Gasteiger partial charge in [-0.2, -0.15) is 0 Å². The van der Waals surface area contributed by atoms with E-state index in [4.69, 9.17) is 0 Å². The standard InChI is InChI=1S/C14H30N/c1-12(2,3)10-11-13(4,5)15(8,9)14(11,6)7/h11H,10H2,1-9H3/q+1. The third-order valence-corrected chi connectivity index (χ3v) is 5.40. The molecule has 1 fully saturated rings. The van der Waals surface area contributed by atoms with Gasteiger partial charge >= 0.3 is 0 Å². The first-order valence-electron chi connectivity index (χ1n) is 6.18. The van der Waals surface area contributed by atoms with E-state index in [1.165, 1.54) is 6.42 Å². The molecule has 0 aromatic heterocycles. The number of hydrogen-bond donors (Lipinski definition) is 0. The molecule has 0 atom stereocenters. The quantitative estimate of drug-likeness (QED) is 0.582. The molecule has 1 heteroatoms. The molecule has 0 N–H and O–H groups in total. The predicted molar refractivity (Wildman–Crippen MR) is 67.8 cm³/mol. The lowest BCUT2D eigenvalue weighted by molar-refractivity contribution is -1.04. The summed E-state index contributed by atoms with van der Waals surface area (Å²) in [7, 11) is 4.75. The summed E-state index contributed by atoms with van der Waals surface area (Å²) in [5, 5.41) is 0. The van der Waals surface area contributed by atoms with Gasteiger partial charge in [0.05, 0.1) is 20.0 Å². The van der Waals surface area contributed by atoms with E-state index in [9.17, 15) is 0 Å². The van der Waals surface area contributed by atoms with Crippen molar-refractivity contribution in [2.24, 2.45) is 11.3 Å². The van der Waals surface area contributed by atoms with Crippen LogP contribution in [0.1, 0.15) is 54.9 Å². The molecule has 0 aliphatic carbocycles. The average molecular weight is 212 g/mol. The Morgan fingerprint density at radius 3 is 1.53 bits per heavy atom. The normalized spacial score (nSPS) is 28.6. The largest absolute Gasteiger partial charge is 0.319 e. The number of likely N-dealkylation sites (tertiary alicyclic amines) is 1. The Labute approximate surface area is 96.4 Å². The average Bonchev–Trinajstić information content (AvgIpc) is 1.96. The molecular weight excluding hydrogens is 182 g/mol. The van der Waals surface area contributed by atoms with Gasteiger partial charge in [-0.3, -0.25) is 0 Å². The van der Waals surface area contributed by atoms with Crippen molar-refractivity contribution in [3.05, 3.63) is 0 Å². The summed E-state index contributed by atoms with van der Waals surface area (Å²) < 4.78 is 1.14. The topological polar surface area (TPSA) is 0 Å². The second kappa shape index (κ2) is 3.00. The van der Waals surface area contributed by atoms with E-state index in [1.807, 2.05) is 0 Å². The van der Waals surface area contributed by atoms with Gasteiger partial charge in [-0.1, -0.05) is 20.8 Å². The highest BCUT2D eigenvalue weighted by molar-refractivity contribution is 5.03. The van der Waals surface area contributed by atoms with Crippen LogP contribution >= 0.6 is 0 Å². The van der Waals surface area contributed by atoms with Crippen molar-refractivity contribution < 1.29 is 4.48 Å². The van der Waals surface area contributed by atoms with Gasteiger partial charge in [0.2, 0.25) is 0 Å². The van der Waals surface area contributed by atoms with Gasteiger partial charge in [0.1, 0.15) is 11.1 Å². The SMILES string of the molecule is CC(C)(C)CC1C(C)(C)[N+](C)(C)C1(C)C. The van der Waals surface area contributed by atoms with Gasteiger partial charge in [-0.25, -0.2) is 0 Å². The van der Waals surface area contributed by atoms with Crippen molar-refractivity contribution in [1.29, 1.82) is 0 Å². The lowest BCUT2D eigenvalue weighted by Gasteiger charge is -2.71. The third-order valence-electron chi connectivity index (χ3n) is 5.40. The second-order valence-electron chi connectivity index (χ2n) is 8.08. The number of quaternary nitrogens is 1. The maximum Gasteiger partial charge on any atom is 0.102 e. The summed E-state index contributed by atoms with van der Waals surface area (Å²) in [4.78, 5) is 0. The van der Waals surface area contributed by atoms with Gasteiger partial charge in [-0.15, -0.1) is 0 Å². The predicted octanol–water partition coefficient (Wildman–Crippen LogP) is 3.69. The molecule has 0 aromatic carbocycles. The second-order valence-corrected chi connectivity index (χ2v) is 8.08. The van der Waals surface area contributed by atoms with Crippen molar-refractivity contribution in [1.82, 2.24) is 0 Å². The summed E-state index contributed by atoms with van der Waals surface area (Å²) in [5.74, 6) is 0.819. The van der Waals surface area contributed by atoms with Crippen molar-refractivity contribution in [3.63, 3.8) is 0 Å². The molecule has 0 saturated carbocycles. The maximum absolute atomic E-state index is 2.43. The highest BCUT2D eigenvalue weighted by atomic mass is 15.5. The van der Waals surface area contributed by atoms with Crippen molar-refractivity contribution in [3.8, 4) is 0 Å². The fourth-order valence-corrected chi connectivity index (χ4v) is 3.43. The Morgan fingerprint density at radius 2 is 1.27 bits per heavy atom. The van der Waals surface area contributed by atoms with E-state index in [0.29, 0.717) is 16.5 Å². The van der Waals surface area contributed by atoms with Crippen LogP contribution in [0.4, 0.5) is 0 Å². The van der Waals surface area contributed by atoms with Crippen molar-refractivity contribution in [2.45, 2.75) is 66.0 Å². The molecular formula is C14H30N+. The number of hydrogen-bond acceptors (Lipinski definition) is 0. The Kier molecular flexibility index (Phi) is 2.60. The minimum atomic E-state index is 0.413. The zero-order valence-corrected chi connectivity index (χ0v) is 12.2. The van der Waals surface area contributed by atoms with Crippen LogP contribution in [0.25, 0.3) is 0 Å². The van der Waals surface area contributed by atoms with Gasteiger partial charge < -0.3 is 4.48 Å². The number of nitrogens with zero attached hydrogens (tertiary/aromatic N) is 1. The molecule has 0 amide bonds. The van der Waals surface area contributed by atoms with Crippen LogP contribution in [0.3, 0.4) is 0 Å². The fraction of sp³-hybridized carbons (Fsp3) is 1.00. The summed E-state index contributed by atoms with van der Waals surface area (Å²) in [6, 6.07) is 0. The van der Waals surface area contributed by atoms with E-state index in [-0.39, 0.29) is 0 Å². The first-order chi connectivity index (χ1) is 6.34. The Balaban J connectivity index is 2.93. The monoisotopic (exact) mass is 212 g/mol. The summed E-state index contributed by atoms with van der Waals surface area (Å²) >= 11 is 0. The van der Waals surface area contributed by atoms with Crippen LogP contribution in [0, 0.1) is 11.3 Å². The molecule has 1 heterocycles. The van der Waals surface area contributed by atoms with E-state index < -0.39 is 0 Å². The molecule has 0 spiro atoms. The molecule has 1 aliphatic rings. The lowest BCUT2D eigenvalue weighted by Crippen LogP contribution is -2.84. The van der Waals surface area contributed by atoms with Crippen LogP contribution in [-0.2, 0) is 0 Å². The molecule has 0 bridgehead atoms. The Morgan fingerprint density at radius 1 is 0.933 bits per heavy atom. The molecule has 0 aromatic rings. The molecule has 1 aliphatic heterocycles. The van der Waals surface area contributed by atoms with Gasteiger partial charge in [-0.05, 0) is 39.5 Å². The van der Waals surface area contributed by atoms with Crippen molar-refractivity contribution in [2.75, 3.05) is 14.1 Å². The minimum Gasteiger partial charge on any atom is -0.319 e. The maximum atomic E-state index is 2.43. The van der Waals surface area contributed by atoms with E-state index in [0.717, 1.165) is 10.4 Å². The minimum absolute atomic E-state index is 0.413. The molecule has 0 unspecified atom stereocenters. The molecule has 1 rings (SSSR count). The highest BCUT2D eigenvalue weighted by Crippen LogP contribution is 2.57. The lowest BCUT2D eigenvalue weighted by atomic mass is 9.56. The first kappa shape index (κ1) is 13.0. The van der Waals surface area contributed by atoms with Crippen LogP contribution in [0.5, 0.6) is 0 Å². The first-order valence-corrected chi connectivity index (χ1v) is 6.18. The molecule has 0 radical (unpaired) electrons. The third kappa shape index (κ3) is 1.63. The van der Waals surface area contributed by atoms with Crippen LogP contribution in [0.2, 0.25) is 0 Å². The zero-order chi connectivity index (χ0) is 12.3. The Bertz CT molecular complexity index is 235. The van der Waals surface area contributed by atoms with Crippen LogP contribution < -0.4 is 0 Å². The summed E-state index contributed by atoms with van der Waals surface area (Å²) in [6.45, 7) is 16.8. The van der Waals surface area contributed by atoms with E-state index in [2.05, 4.69) is 62.6 Å². The van der Waals surface area contributed by atoms with Crippen LogP contribution in [-0.4, -0.2) is 29.7 Å². The zero-order valence-electron chi connectivity index (χ0n) is 12.2. The summed E-state index contributed by atoms with van der Waals surface area (Å²) in [5.41, 5.74) is 1.27. The van der Waals surface area contributed by atoms with Crippen LogP contribution in [0.15, 0.2) is 0 Å².